The van der Waals surface area contributed by atoms with Crippen LogP contribution in [0.2, 0.25) is 0 Å². The highest BCUT2D eigenvalue weighted by atomic mass is 16.1. The lowest BCUT2D eigenvalue weighted by Gasteiger charge is -2.18. The number of hydrogen-bond donors (Lipinski definition) is 3. The molecular formula is C15H21N3O. The molecule has 4 nitrogen and oxygen atoms in total. The number of carbonyl (C=O) groups is 1. The maximum absolute atomic E-state index is 11.2. The lowest BCUT2D eigenvalue weighted by molar-refractivity contribution is 0.100. The molecule has 0 unspecified atom stereocenters. The molecule has 0 bridgehead atoms. The Hall–Kier alpha value is -1.71. The Morgan fingerprint density at radius 3 is 2.42 bits per heavy atom. The van der Waals surface area contributed by atoms with E-state index in [2.05, 4.69) is 5.32 Å². The first-order valence-corrected chi connectivity index (χ1v) is 7.08. The number of nitrogens with one attached hydrogen (secondary N) is 1. The molecule has 0 heterocycles. The summed E-state index contributed by atoms with van der Waals surface area (Å²) >= 11 is 0. The molecule has 2 aliphatic carbocycles. The molecule has 19 heavy (non-hydrogen) atoms. The maximum Gasteiger partial charge on any atom is 0.248 e. The van der Waals surface area contributed by atoms with Crippen LogP contribution in [0.25, 0.3) is 0 Å². The third-order valence-corrected chi connectivity index (χ3v) is 4.32. The Balaban J connectivity index is 1.68. The first-order valence-electron chi connectivity index (χ1n) is 7.08. The van der Waals surface area contributed by atoms with Crippen molar-refractivity contribution in [3.05, 3.63) is 23.8 Å². The molecule has 2 aliphatic rings. The molecule has 2 saturated carbocycles. The van der Waals surface area contributed by atoms with Gasteiger partial charge in [-0.2, -0.15) is 0 Å². The van der Waals surface area contributed by atoms with E-state index in [1.54, 1.807) is 18.2 Å². The minimum atomic E-state index is -0.413. The molecule has 1 aromatic carbocycles. The van der Waals surface area contributed by atoms with Crippen LogP contribution < -0.4 is 16.8 Å². The number of hydrogen-bond acceptors (Lipinski definition) is 3. The monoisotopic (exact) mass is 259 g/mol. The van der Waals surface area contributed by atoms with Crippen LogP contribution in [0.4, 0.5) is 11.4 Å². The highest BCUT2D eigenvalue weighted by molar-refractivity contribution is 5.94. The van der Waals surface area contributed by atoms with Crippen LogP contribution in [-0.4, -0.2) is 12.5 Å². The van der Waals surface area contributed by atoms with Gasteiger partial charge in [0, 0.05) is 12.1 Å². The number of nitrogen functional groups attached to an aromatic ring is 1. The Bertz CT molecular complexity index is 480. The summed E-state index contributed by atoms with van der Waals surface area (Å²) in [5.41, 5.74) is 13.3. The molecular weight excluding hydrogens is 238 g/mol. The normalized spacial score (nSPS) is 18.6. The fourth-order valence-electron chi connectivity index (χ4n) is 2.86. The van der Waals surface area contributed by atoms with E-state index >= 15 is 0 Å². The minimum absolute atomic E-state index is 0.413. The second-order valence-corrected chi connectivity index (χ2v) is 5.89. The van der Waals surface area contributed by atoms with Crippen LogP contribution >= 0.6 is 0 Å². The lowest BCUT2D eigenvalue weighted by atomic mass is 9.98. The maximum atomic E-state index is 11.2. The quantitative estimate of drug-likeness (QED) is 0.685. The van der Waals surface area contributed by atoms with Crippen molar-refractivity contribution in [3.8, 4) is 0 Å². The van der Waals surface area contributed by atoms with Crippen molar-refractivity contribution >= 4 is 17.3 Å². The van der Waals surface area contributed by atoms with Crippen molar-refractivity contribution in [2.24, 2.45) is 23.5 Å². The Kier molecular flexibility index (Phi) is 3.09. The molecule has 1 aromatic rings. The van der Waals surface area contributed by atoms with E-state index in [1.807, 2.05) is 0 Å². The van der Waals surface area contributed by atoms with Crippen molar-refractivity contribution in [1.82, 2.24) is 0 Å². The summed E-state index contributed by atoms with van der Waals surface area (Å²) < 4.78 is 0. The van der Waals surface area contributed by atoms with Gasteiger partial charge in [0.15, 0.2) is 0 Å². The molecule has 0 radical (unpaired) electrons. The van der Waals surface area contributed by atoms with Gasteiger partial charge < -0.3 is 16.8 Å². The van der Waals surface area contributed by atoms with E-state index in [4.69, 9.17) is 11.5 Å². The molecule has 2 fully saturated rings. The predicted molar refractivity (Wildman–Crippen MR) is 76.8 cm³/mol. The molecule has 0 aromatic heterocycles. The van der Waals surface area contributed by atoms with Crippen molar-refractivity contribution < 1.29 is 4.79 Å². The van der Waals surface area contributed by atoms with Gasteiger partial charge in [-0.05, 0) is 61.6 Å². The van der Waals surface area contributed by atoms with Crippen molar-refractivity contribution in [2.75, 3.05) is 17.6 Å². The molecule has 0 spiro atoms. The van der Waals surface area contributed by atoms with Crippen molar-refractivity contribution in [1.29, 1.82) is 0 Å². The first kappa shape index (κ1) is 12.3. The van der Waals surface area contributed by atoms with Gasteiger partial charge in [0.2, 0.25) is 5.91 Å². The van der Waals surface area contributed by atoms with E-state index in [0.29, 0.717) is 11.3 Å². The van der Waals surface area contributed by atoms with E-state index in [0.717, 1.165) is 30.0 Å². The first-order chi connectivity index (χ1) is 9.15. The zero-order valence-corrected chi connectivity index (χ0v) is 11.1. The topological polar surface area (TPSA) is 81.1 Å². The van der Waals surface area contributed by atoms with Crippen LogP contribution in [0.15, 0.2) is 18.2 Å². The van der Waals surface area contributed by atoms with Crippen LogP contribution in [0.1, 0.15) is 36.0 Å². The van der Waals surface area contributed by atoms with Gasteiger partial charge in [-0.3, -0.25) is 4.79 Å². The minimum Gasteiger partial charge on any atom is -0.397 e. The fraction of sp³-hybridized carbons (Fsp3) is 0.533. The van der Waals surface area contributed by atoms with E-state index in [9.17, 15) is 4.79 Å². The van der Waals surface area contributed by atoms with Gasteiger partial charge in [-0.25, -0.2) is 0 Å². The van der Waals surface area contributed by atoms with Gasteiger partial charge in [0.1, 0.15) is 0 Å². The molecule has 4 heteroatoms. The number of anilines is 2. The van der Waals surface area contributed by atoms with Gasteiger partial charge in [0.05, 0.1) is 11.4 Å². The second kappa shape index (κ2) is 4.76. The van der Waals surface area contributed by atoms with Gasteiger partial charge in [0.25, 0.3) is 0 Å². The summed E-state index contributed by atoms with van der Waals surface area (Å²) in [5, 5.41) is 3.42. The standard InChI is InChI=1S/C15H21N3O/c16-13-6-5-11(15(17)19)7-14(13)18-8-12(9-1-2-9)10-3-4-10/h5-7,9-10,12,18H,1-4,8,16H2,(H2,17,19). The van der Waals surface area contributed by atoms with Crippen molar-refractivity contribution in [2.45, 2.75) is 25.7 Å². The number of benzene rings is 1. The smallest absolute Gasteiger partial charge is 0.248 e. The largest absolute Gasteiger partial charge is 0.397 e. The summed E-state index contributed by atoms with van der Waals surface area (Å²) in [7, 11) is 0. The summed E-state index contributed by atoms with van der Waals surface area (Å²) in [5.74, 6) is 2.17. The molecule has 0 aliphatic heterocycles. The summed E-state index contributed by atoms with van der Waals surface area (Å²) in [4.78, 5) is 11.2. The van der Waals surface area contributed by atoms with E-state index in [-0.39, 0.29) is 0 Å². The SMILES string of the molecule is NC(=O)c1ccc(N)c(NCC(C2CC2)C2CC2)c1. The number of primary amides is 1. The number of amides is 1. The molecule has 1 amide bonds. The van der Waals surface area contributed by atoms with Crippen LogP contribution in [-0.2, 0) is 0 Å². The number of nitrogens with two attached hydrogens (primary N) is 2. The highest BCUT2D eigenvalue weighted by Crippen LogP contribution is 2.49. The zero-order chi connectivity index (χ0) is 13.4. The average molecular weight is 259 g/mol. The predicted octanol–water partition coefficient (Wildman–Crippen LogP) is 2.22. The van der Waals surface area contributed by atoms with Crippen LogP contribution in [0.3, 0.4) is 0 Å². The third-order valence-electron chi connectivity index (χ3n) is 4.32. The second-order valence-electron chi connectivity index (χ2n) is 5.89. The zero-order valence-electron chi connectivity index (χ0n) is 11.1. The fourth-order valence-corrected chi connectivity index (χ4v) is 2.86. The molecule has 5 N–H and O–H groups in total. The van der Waals surface area contributed by atoms with Crippen molar-refractivity contribution in [3.63, 3.8) is 0 Å². The third kappa shape index (κ3) is 2.83. The average Bonchev–Trinajstić information content (AvgIpc) is 3.25. The molecule has 0 saturated heterocycles. The highest BCUT2D eigenvalue weighted by Gasteiger charge is 2.41. The lowest BCUT2D eigenvalue weighted by Crippen LogP contribution is -2.19. The molecule has 0 atom stereocenters. The summed E-state index contributed by atoms with van der Waals surface area (Å²) in [6.45, 7) is 0.960. The Morgan fingerprint density at radius 1 is 1.26 bits per heavy atom. The number of carbonyl (C=O) groups excluding carboxylic acids is 1. The van der Waals surface area contributed by atoms with Gasteiger partial charge in [-0.15, -0.1) is 0 Å². The van der Waals surface area contributed by atoms with Gasteiger partial charge >= 0.3 is 0 Å². The van der Waals surface area contributed by atoms with Crippen LogP contribution in [0, 0.1) is 17.8 Å². The molecule has 3 rings (SSSR count). The Morgan fingerprint density at radius 2 is 1.89 bits per heavy atom. The molecule has 102 valence electrons. The number of rotatable bonds is 6. The van der Waals surface area contributed by atoms with E-state index < -0.39 is 5.91 Å². The Labute approximate surface area is 113 Å². The van der Waals surface area contributed by atoms with E-state index in [1.165, 1.54) is 25.7 Å². The van der Waals surface area contributed by atoms with Crippen LogP contribution in [0.5, 0.6) is 0 Å². The summed E-state index contributed by atoms with van der Waals surface area (Å²) in [6.07, 6.45) is 5.50. The summed E-state index contributed by atoms with van der Waals surface area (Å²) in [6, 6.07) is 5.17. The van der Waals surface area contributed by atoms with Gasteiger partial charge in [-0.1, -0.05) is 0 Å².